The first-order chi connectivity index (χ1) is 9.77. The van der Waals surface area contributed by atoms with Crippen LogP contribution in [0.15, 0.2) is 65.8 Å². The number of carbonyl (C=O) groups excluding carboxylic acids is 1. The highest BCUT2D eigenvalue weighted by atomic mass is 16.6. The van der Waals surface area contributed by atoms with Gasteiger partial charge in [-0.05, 0) is 12.5 Å². The van der Waals surface area contributed by atoms with E-state index in [1.807, 2.05) is 67.6 Å². The molecule has 100 valence electrons. The number of rotatable bonds is 3. The van der Waals surface area contributed by atoms with Gasteiger partial charge in [-0.25, -0.2) is 0 Å². The quantitative estimate of drug-likeness (QED) is 0.795. The molecule has 0 amide bonds. The Morgan fingerprint density at radius 1 is 1.00 bits per heavy atom. The molecule has 0 spiro atoms. The molecule has 0 bridgehead atoms. The van der Waals surface area contributed by atoms with Crippen LogP contribution in [-0.4, -0.2) is 11.5 Å². The van der Waals surface area contributed by atoms with Gasteiger partial charge in [0.05, 0.1) is 5.71 Å². The second-order valence-corrected chi connectivity index (χ2v) is 4.88. The Labute approximate surface area is 117 Å². The van der Waals surface area contributed by atoms with Crippen molar-refractivity contribution in [3.8, 4) is 0 Å². The zero-order valence-electron chi connectivity index (χ0n) is 11.2. The van der Waals surface area contributed by atoms with E-state index in [4.69, 9.17) is 4.84 Å². The Kier molecular flexibility index (Phi) is 3.33. The van der Waals surface area contributed by atoms with Crippen LogP contribution in [0.5, 0.6) is 0 Å². The van der Waals surface area contributed by atoms with E-state index >= 15 is 0 Å². The normalized spacial score (nSPS) is 21.1. The van der Waals surface area contributed by atoms with E-state index < -0.39 is 0 Å². The van der Waals surface area contributed by atoms with E-state index in [2.05, 4.69) is 5.16 Å². The van der Waals surface area contributed by atoms with Gasteiger partial charge < -0.3 is 4.84 Å². The second-order valence-electron chi connectivity index (χ2n) is 4.88. The van der Waals surface area contributed by atoms with E-state index in [0.717, 1.165) is 11.3 Å². The summed E-state index contributed by atoms with van der Waals surface area (Å²) in [4.78, 5) is 18.2. The van der Waals surface area contributed by atoms with Crippen molar-refractivity contribution in [3.63, 3.8) is 0 Å². The lowest BCUT2D eigenvalue weighted by Gasteiger charge is -2.17. The van der Waals surface area contributed by atoms with Gasteiger partial charge >= 0.3 is 0 Å². The van der Waals surface area contributed by atoms with Gasteiger partial charge in [0.2, 0.25) is 0 Å². The summed E-state index contributed by atoms with van der Waals surface area (Å²) >= 11 is 0. The molecular formula is C17H15NO2. The molecule has 0 aliphatic carbocycles. The van der Waals surface area contributed by atoms with Crippen LogP contribution in [0.2, 0.25) is 0 Å². The van der Waals surface area contributed by atoms with Crippen molar-refractivity contribution < 1.29 is 9.63 Å². The van der Waals surface area contributed by atoms with Gasteiger partial charge in [0.25, 0.3) is 0 Å². The molecule has 0 fully saturated rings. The summed E-state index contributed by atoms with van der Waals surface area (Å²) in [6, 6.07) is 19.0. The number of oxime groups is 1. The maximum atomic E-state index is 12.7. The molecule has 0 radical (unpaired) electrons. The van der Waals surface area contributed by atoms with Crippen LogP contribution in [0, 0.1) is 5.92 Å². The summed E-state index contributed by atoms with van der Waals surface area (Å²) in [5.41, 5.74) is 2.40. The van der Waals surface area contributed by atoms with Crippen LogP contribution < -0.4 is 0 Å². The fraction of sp³-hybridized carbons (Fsp3) is 0.176. The largest absolute Gasteiger partial charge is 0.386 e. The predicted octanol–water partition coefficient (Wildman–Crippen LogP) is 3.63. The monoisotopic (exact) mass is 265 g/mol. The Bertz CT molecular complexity index is 635. The van der Waals surface area contributed by atoms with Crippen LogP contribution in [0.3, 0.4) is 0 Å². The minimum atomic E-state index is -0.347. The SMILES string of the molecule is CC1=NOC(c2ccccc2)C1C(=O)c1ccccc1. The molecule has 1 aliphatic rings. The molecule has 0 N–H and O–H groups in total. The summed E-state index contributed by atoms with van der Waals surface area (Å²) in [6.45, 7) is 1.84. The van der Waals surface area contributed by atoms with Gasteiger partial charge in [-0.1, -0.05) is 65.8 Å². The van der Waals surface area contributed by atoms with Crippen molar-refractivity contribution in [2.75, 3.05) is 0 Å². The summed E-state index contributed by atoms with van der Waals surface area (Å²) in [7, 11) is 0. The van der Waals surface area contributed by atoms with Crippen molar-refractivity contribution in [1.29, 1.82) is 0 Å². The molecule has 1 aliphatic heterocycles. The molecule has 3 nitrogen and oxygen atoms in total. The number of hydrogen-bond acceptors (Lipinski definition) is 3. The van der Waals surface area contributed by atoms with Crippen LogP contribution in [-0.2, 0) is 4.84 Å². The van der Waals surface area contributed by atoms with Gasteiger partial charge in [0, 0.05) is 5.56 Å². The van der Waals surface area contributed by atoms with Crippen LogP contribution in [0.4, 0.5) is 0 Å². The minimum Gasteiger partial charge on any atom is -0.386 e. The molecule has 3 rings (SSSR count). The first-order valence-corrected chi connectivity index (χ1v) is 6.62. The Morgan fingerprint density at radius 3 is 2.25 bits per heavy atom. The van der Waals surface area contributed by atoms with Gasteiger partial charge in [-0.3, -0.25) is 4.79 Å². The van der Waals surface area contributed by atoms with Crippen LogP contribution >= 0.6 is 0 Å². The molecule has 0 saturated carbocycles. The number of carbonyl (C=O) groups is 1. The first-order valence-electron chi connectivity index (χ1n) is 6.62. The average molecular weight is 265 g/mol. The number of benzene rings is 2. The number of Topliss-reactive ketones (excluding diaryl/α,β-unsaturated/α-hetero) is 1. The van der Waals surface area contributed by atoms with Gasteiger partial charge in [0.1, 0.15) is 5.92 Å². The molecule has 2 aromatic carbocycles. The molecule has 0 saturated heterocycles. The summed E-state index contributed by atoms with van der Waals surface area (Å²) in [5, 5.41) is 4.02. The van der Waals surface area contributed by atoms with Crippen molar-refractivity contribution in [1.82, 2.24) is 0 Å². The minimum absolute atomic E-state index is 0.0539. The third-order valence-electron chi connectivity index (χ3n) is 3.53. The Morgan fingerprint density at radius 2 is 1.60 bits per heavy atom. The summed E-state index contributed by atoms with van der Waals surface area (Å²) < 4.78 is 0. The van der Waals surface area contributed by atoms with Crippen molar-refractivity contribution >= 4 is 11.5 Å². The van der Waals surface area contributed by atoms with Crippen LogP contribution in [0.1, 0.15) is 28.9 Å². The standard InChI is InChI=1S/C17H15NO2/c1-12-15(16(19)13-8-4-2-5-9-13)17(20-18-12)14-10-6-3-7-11-14/h2-11,15,17H,1H3. The maximum Gasteiger partial charge on any atom is 0.175 e. The van der Waals surface area contributed by atoms with Crippen LogP contribution in [0.25, 0.3) is 0 Å². The topological polar surface area (TPSA) is 38.7 Å². The second kappa shape index (κ2) is 5.29. The lowest BCUT2D eigenvalue weighted by atomic mass is 9.86. The molecule has 0 aromatic heterocycles. The average Bonchev–Trinajstić information content (AvgIpc) is 2.90. The Hall–Kier alpha value is -2.42. The van der Waals surface area contributed by atoms with E-state index in [-0.39, 0.29) is 17.8 Å². The lowest BCUT2D eigenvalue weighted by Crippen LogP contribution is -2.25. The van der Waals surface area contributed by atoms with Gasteiger partial charge in [0.15, 0.2) is 11.9 Å². The van der Waals surface area contributed by atoms with E-state index in [0.29, 0.717) is 5.56 Å². The molecule has 1 heterocycles. The highest BCUT2D eigenvalue weighted by Gasteiger charge is 2.38. The fourth-order valence-corrected chi connectivity index (χ4v) is 2.48. The third-order valence-corrected chi connectivity index (χ3v) is 3.53. The molecule has 2 unspecified atom stereocenters. The smallest absolute Gasteiger partial charge is 0.175 e. The fourth-order valence-electron chi connectivity index (χ4n) is 2.48. The number of ketones is 1. The maximum absolute atomic E-state index is 12.7. The first kappa shape index (κ1) is 12.6. The molecule has 3 heteroatoms. The van der Waals surface area contributed by atoms with Gasteiger partial charge in [-0.15, -0.1) is 0 Å². The summed E-state index contributed by atoms with van der Waals surface area (Å²) in [6.07, 6.45) is -0.330. The van der Waals surface area contributed by atoms with E-state index in [1.54, 1.807) is 0 Å². The lowest BCUT2D eigenvalue weighted by molar-refractivity contribution is 0.0533. The third kappa shape index (κ3) is 2.23. The zero-order chi connectivity index (χ0) is 13.9. The zero-order valence-corrected chi connectivity index (χ0v) is 11.2. The summed E-state index contributed by atoms with van der Waals surface area (Å²) in [5.74, 6) is -0.294. The van der Waals surface area contributed by atoms with Crippen molar-refractivity contribution in [3.05, 3.63) is 71.8 Å². The van der Waals surface area contributed by atoms with Crippen molar-refractivity contribution in [2.24, 2.45) is 11.1 Å². The van der Waals surface area contributed by atoms with E-state index in [1.165, 1.54) is 0 Å². The molecule has 2 atom stereocenters. The molecule has 2 aromatic rings. The highest BCUT2D eigenvalue weighted by molar-refractivity contribution is 6.12. The predicted molar refractivity (Wildman–Crippen MR) is 77.6 cm³/mol. The van der Waals surface area contributed by atoms with Gasteiger partial charge in [-0.2, -0.15) is 0 Å². The van der Waals surface area contributed by atoms with E-state index in [9.17, 15) is 4.79 Å². The number of hydrogen-bond donors (Lipinski definition) is 0. The Balaban J connectivity index is 1.93. The molecular weight excluding hydrogens is 250 g/mol. The highest BCUT2D eigenvalue weighted by Crippen LogP contribution is 2.34. The molecule has 20 heavy (non-hydrogen) atoms. The van der Waals surface area contributed by atoms with Crippen molar-refractivity contribution in [2.45, 2.75) is 13.0 Å². The number of nitrogens with zero attached hydrogens (tertiary/aromatic N) is 1.